The van der Waals surface area contributed by atoms with Crippen LogP contribution in [0, 0.1) is 0 Å². The summed E-state index contributed by atoms with van der Waals surface area (Å²) in [4.78, 5) is 33.5. The Labute approximate surface area is 143 Å². The third-order valence-corrected chi connectivity index (χ3v) is 5.77. The van der Waals surface area contributed by atoms with E-state index in [1.165, 1.54) is 11.1 Å². The lowest BCUT2D eigenvalue weighted by Gasteiger charge is -2.26. The van der Waals surface area contributed by atoms with E-state index < -0.39 is 0 Å². The molecular weight excluding hydrogens is 328 g/mol. The molecule has 1 fully saturated rings. The Kier molecular flexibility index (Phi) is 4.34. The number of nitrogens with zero attached hydrogens (tertiary/aromatic N) is 3. The third-order valence-electron chi connectivity index (χ3n) is 4.61. The van der Waals surface area contributed by atoms with Crippen LogP contribution in [0.3, 0.4) is 0 Å². The number of aromatic nitrogens is 2. The number of carbonyl (C=O) groups excluding carboxylic acids is 1. The van der Waals surface area contributed by atoms with Crippen LogP contribution < -0.4 is 10.9 Å². The second kappa shape index (κ2) is 6.62. The highest BCUT2D eigenvalue weighted by atomic mass is 32.1. The molecule has 2 aromatic rings. The molecule has 1 saturated heterocycles. The van der Waals surface area contributed by atoms with E-state index in [0.717, 1.165) is 57.8 Å². The van der Waals surface area contributed by atoms with E-state index >= 15 is 0 Å². The van der Waals surface area contributed by atoms with Gasteiger partial charge in [0.05, 0.1) is 13.2 Å². The lowest BCUT2D eigenvalue weighted by molar-refractivity contribution is 0.0383. The molecule has 128 valence electrons. The number of aryl methyl sites for hydroxylation is 2. The van der Waals surface area contributed by atoms with Gasteiger partial charge < -0.3 is 10.1 Å². The Balaban J connectivity index is 1.48. The van der Waals surface area contributed by atoms with Crippen LogP contribution in [0.25, 0.3) is 4.96 Å². The van der Waals surface area contributed by atoms with Crippen molar-refractivity contribution in [3.8, 4) is 0 Å². The van der Waals surface area contributed by atoms with E-state index in [1.54, 1.807) is 15.7 Å². The number of hydrogen-bond donors (Lipinski definition) is 1. The molecule has 2 aromatic heterocycles. The molecule has 0 atom stereocenters. The van der Waals surface area contributed by atoms with E-state index in [-0.39, 0.29) is 17.0 Å². The zero-order chi connectivity index (χ0) is 16.5. The zero-order valence-electron chi connectivity index (χ0n) is 13.4. The molecule has 0 unspecified atom stereocenters. The third kappa shape index (κ3) is 2.85. The van der Waals surface area contributed by atoms with Crippen LogP contribution >= 0.6 is 11.3 Å². The summed E-state index contributed by atoms with van der Waals surface area (Å²) in [7, 11) is 0. The molecular formula is C16H20N4O3S. The van der Waals surface area contributed by atoms with Gasteiger partial charge in [-0.05, 0) is 19.3 Å². The smallest absolute Gasteiger partial charge is 0.271 e. The van der Waals surface area contributed by atoms with Gasteiger partial charge in [-0.3, -0.25) is 18.9 Å². The van der Waals surface area contributed by atoms with Crippen molar-refractivity contribution in [3.05, 3.63) is 32.7 Å². The first-order valence-electron chi connectivity index (χ1n) is 8.34. The minimum Gasteiger partial charge on any atom is -0.379 e. The van der Waals surface area contributed by atoms with Crippen molar-refractivity contribution in [1.29, 1.82) is 0 Å². The van der Waals surface area contributed by atoms with Crippen molar-refractivity contribution in [1.82, 2.24) is 19.6 Å². The van der Waals surface area contributed by atoms with E-state index in [1.807, 2.05) is 0 Å². The van der Waals surface area contributed by atoms with Crippen LogP contribution in [0.2, 0.25) is 0 Å². The van der Waals surface area contributed by atoms with Gasteiger partial charge in [0.15, 0.2) is 4.96 Å². The summed E-state index contributed by atoms with van der Waals surface area (Å²) in [5.74, 6) is -0.340. The molecule has 8 heteroatoms. The second-order valence-corrected chi connectivity index (χ2v) is 7.19. The molecule has 0 saturated carbocycles. The summed E-state index contributed by atoms with van der Waals surface area (Å²) in [6, 6.07) is 0. The van der Waals surface area contributed by atoms with Crippen molar-refractivity contribution < 1.29 is 9.53 Å². The summed E-state index contributed by atoms with van der Waals surface area (Å²) in [5.41, 5.74) is 0.917. The highest BCUT2D eigenvalue weighted by Gasteiger charge is 2.22. The highest BCUT2D eigenvalue weighted by Crippen LogP contribution is 2.28. The van der Waals surface area contributed by atoms with Gasteiger partial charge in [0.1, 0.15) is 5.56 Å². The number of hydrogen-bond acceptors (Lipinski definition) is 6. The van der Waals surface area contributed by atoms with E-state index in [2.05, 4.69) is 15.2 Å². The Morgan fingerprint density at radius 2 is 2.17 bits per heavy atom. The van der Waals surface area contributed by atoms with Gasteiger partial charge in [-0.1, -0.05) is 0 Å². The quantitative estimate of drug-likeness (QED) is 0.860. The predicted molar refractivity (Wildman–Crippen MR) is 91.0 cm³/mol. The first kappa shape index (κ1) is 15.7. The molecule has 1 amide bonds. The van der Waals surface area contributed by atoms with Crippen molar-refractivity contribution in [3.63, 3.8) is 0 Å². The van der Waals surface area contributed by atoms with Crippen molar-refractivity contribution in [2.75, 3.05) is 39.4 Å². The number of nitrogens with one attached hydrogen (secondary N) is 1. The Bertz CT molecular complexity index is 823. The molecule has 1 aliphatic heterocycles. The molecule has 0 aromatic carbocycles. The van der Waals surface area contributed by atoms with E-state index in [4.69, 9.17) is 4.74 Å². The van der Waals surface area contributed by atoms with Crippen molar-refractivity contribution in [2.45, 2.75) is 19.3 Å². The number of carbonyl (C=O) groups is 1. The van der Waals surface area contributed by atoms with Gasteiger partial charge in [-0.2, -0.15) is 0 Å². The van der Waals surface area contributed by atoms with Crippen LogP contribution in [0.4, 0.5) is 0 Å². The summed E-state index contributed by atoms with van der Waals surface area (Å²) in [6.45, 7) is 4.52. The van der Waals surface area contributed by atoms with Gasteiger partial charge in [-0.25, -0.2) is 4.98 Å². The Morgan fingerprint density at radius 1 is 1.33 bits per heavy atom. The fraction of sp³-hybridized carbons (Fsp3) is 0.562. The van der Waals surface area contributed by atoms with Crippen LogP contribution in [-0.2, 0) is 17.6 Å². The lowest BCUT2D eigenvalue weighted by Crippen LogP contribution is -2.42. The van der Waals surface area contributed by atoms with Crippen molar-refractivity contribution >= 4 is 22.2 Å². The van der Waals surface area contributed by atoms with Gasteiger partial charge in [0.25, 0.3) is 11.5 Å². The number of fused-ring (bicyclic) bond motifs is 3. The molecule has 4 rings (SSSR count). The predicted octanol–water partition coefficient (Wildman–Crippen LogP) is 0.307. The Morgan fingerprint density at radius 3 is 3.00 bits per heavy atom. The van der Waals surface area contributed by atoms with Gasteiger partial charge in [0, 0.05) is 42.9 Å². The molecule has 24 heavy (non-hydrogen) atoms. The number of rotatable bonds is 4. The topological polar surface area (TPSA) is 75.9 Å². The normalized spacial score (nSPS) is 18.0. The largest absolute Gasteiger partial charge is 0.379 e. The summed E-state index contributed by atoms with van der Waals surface area (Å²) >= 11 is 1.56. The average Bonchev–Trinajstić information content (AvgIpc) is 3.16. The zero-order valence-corrected chi connectivity index (χ0v) is 14.2. The fourth-order valence-corrected chi connectivity index (χ4v) is 4.48. The monoisotopic (exact) mass is 348 g/mol. The van der Waals surface area contributed by atoms with E-state index in [0.29, 0.717) is 11.5 Å². The first-order chi connectivity index (χ1) is 11.7. The van der Waals surface area contributed by atoms with Gasteiger partial charge >= 0.3 is 0 Å². The Hall–Kier alpha value is -1.77. The van der Waals surface area contributed by atoms with Crippen LogP contribution in [-0.4, -0.2) is 59.6 Å². The SMILES string of the molecule is O=C(NCCN1CCOCC1)c1cnc2sc3c(n2c1=O)CCC3. The highest BCUT2D eigenvalue weighted by molar-refractivity contribution is 7.17. The molecule has 1 N–H and O–H groups in total. The maximum Gasteiger partial charge on any atom is 0.271 e. The number of ether oxygens (including phenoxy) is 1. The van der Waals surface area contributed by atoms with Crippen LogP contribution in [0.15, 0.2) is 11.0 Å². The van der Waals surface area contributed by atoms with Gasteiger partial charge in [-0.15, -0.1) is 11.3 Å². The number of amides is 1. The summed E-state index contributed by atoms with van der Waals surface area (Å²) in [5, 5.41) is 2.84. The van der Waals surface area contributed by atoms with Crippen LogP contribution in [0.1, 0.15) is 27.3 Å². The fourth-order valence-electron chi connectivity index (χ4n) is 3.31. The van der Waals surface area contributed by atoms with Crippen LogP contribution in [0.5, 0.6) is 0 Å². The number of morpholine rings is 1. The maximum atomic E-state index is 12.7. The molecule has 1 aliphatic carbocycles. The van der Waals surface area contributed by atoms with Crippen molar-refractivity contribution in [2.24, 2.45) is 0 Å². The minimum absolute atomic E-state index is 0.127. The summed E-state index contributed by atoms with van der Waals surface area (Å²) in [6.07, 6.45) is 4.37. The minimum atomic E-state index is -0.340. The molecule has 0 radical (unpaired) electrons. The van der Waals surface area contributed by atoms with E-state index in [9.17, 15) is 9.59 Å². The molecule has 0 spiro atoms. The maximum absolute atomic E-state index is 12.7. The van der Waals surface area contributed by atoms with Gasteiger partial charge in [0.2, 0.25) is 0 Å². The lowest BCUT2D eigenvalue weighted by atomic mass is 10.3. The number of thiazole rings is 1. The first-order valence-corrected chi connectivity index (χ1v) is 9.16. The molecule has 7 nitrogen and oxygen atoms in total. The second-order valence-electron chi connectivity index (χ2n) is 6.13. The molecule has 3 heterocycles. The molecule has 2 aliphatic rings. The summed E-state index contributed by atoms with van der Waals surface area (Å²) < 4.78 is 6.93. The molecule has 0 bridgehead atoms. The average molecular weight is 348 g/mol. The standard InChI is InChI=1S/C16H20N4O3S/c21-14(17-4-5-19-6-8-23-9-7-19)11-10-18-16-20(15(11)22)12-2-1-3-13(12)24-16/h10H,1-9H2,(H,17,21).